The Morgan fingerprint density at radius 1 is 1.28 bits per heavy atom. The van der Waals surface area contributed by atoms with E-state index in [1.54, 1.807) is 0 Å². The number of aryl methyl sites for hydroxylation is 1. The van der Waals surface area contributed by atoms with Crippen molar-refractivity contribution in [3.05, 3.63) is 16.5 Å². The Kier molecular flexibility index (Phi) is 4.44. The molecule has 100 valence electrons. The summed E-state index contributed by atoms with van der Waals surface area (Å²) in [5.74, 6) is 2.71. The van der Waals surface area contributed by atoms with Gasteiger partial charge in [0.05, 0.1) is 0 Å². The third-order valence-electron chi connectivity index (χ3n) is 3.74. The van der Waals surface area contributed by atoms with E-state index >= 15 is 0 Å². The number of aromatic nitrogens is 2. The Morgan fingerprint density at radius 2 is 2.06 bits per heavy atom. The third-order valence-corrected chi connectivity index (χ3v) is 4.11. The van der Waals surface area contributed by atoms with Crippen molar-refractivity contribution < 1.29 is 0 Å². The van der Waals surface area contributed by atoms with Gasteiger partial charge in [-0.3, -0.25) is 0 Å². The molecule has 0 aliphatic carbocycles. The molecule has 18 heavy (non-hydrogen) atoms. The van der Waals surface area contributed by atoms with E-state index in [4.69, 9.17) is 11.6 Å². The fourth-order valence-corrected chi connectivity index (χ4v) is 2.64. The van der Waals surface area contributed by atoms with Crippen LogP contribution < -0.4 is 4.90 Å². The Balaban J connectivity index is 2.28. The van der Waals surface area contributed by atoms with Crippen molar-refractivity contribution in [2.45, 2.75) is 46.5 Å². The highest BCUT2D eigenvalue weighted by atomic mass is 35.5. The summed E-state index contributed by atoms with van der Waals surface area (Å²) >= 11 is 6.21. The summed E-state index contributed by atoms with van der Waals surface area (Å²) in [5, 5.41) is 0.606. The van der Waals surface area contributed by atoms with Gasteiger partial charge in [0, 0.05) is 25.1 Å². The minimum atomic E-state index is 0.606. The molecular formula is C14H22ClN3. The van der Waals surface area contributed by atoms with Crippen molar-refractivity contribution in [3.63, 3.8) is 0 Å². The molecule has 0 spiro atoms. The van der Waals surface area contributed by atoms with E-state index in [1.165, 1.54) is 19.3 Å². The zero-order valence-electron chi connectivity index (χ0n) is 11.5. The lowest BCUT2D eigenvalue weighted by atomic mass is 10.0. The van der Waals surface area contributed by atoms with E-state index in [1.807, 2.05) is 6.92 Å². The summed E-state index contributed by atoms with van der Waals surface area (Å²) in [7, 11) is 0. The van der Waals surface area contributed by atoms with Gasteiger partial charge in [-0.25, -0.2) is 9.97 Å². The van der Waals surface area contributed by atoms with Crippen molar-refractivity contribution in [2.24, 2.45) is 5.92 Å². The molecule has 0 bridgehead atoms. The lowest BCUT2D eigenvalue weighted by molar-refractivity contribution is 0.521. The van der Waals surface area contributed by atoms with Crippen molar-refractivity contribution in [2.75, 3.05) is 18.0 Å². The Morgan fingerprint density at radius 3 is 2.78 bits per heavy atom. The number of anilines is 1. The summed E-state index contributed by atoms with van der Waals surface area (Å²) in [5.41, 5.74) is 1.02. The largest absolute Gasteiger partial charge is 0.356 e. The molecule has 1 aromatic heterocycles. The van der Waals surface area contributed by atoms with Gasteiger partial charge >= 0.3 is 0 Å². The maximum atomic E-state index is 6.21. The lowest BCUT2D eigenvalue weighted by Gasteiger charge is -2.24. The van der Waals surface area contributed by atoms with Crippen molar-refractivity contribution >= 4 is 17.4 Å². The maximum Gasteiger partial charge on any atom is 0.137 e. The molecule has 1 saturated heterocycles. The molecule has 1 unspecified atom stereocenters. The van der Waals surface area contributed by atoms with E-state index in [0.717, 1.165) is 42.6 Å². The number of nitrogens with zero attached hydrogens (tertiary/aromatic N) is 3. The summed E-state index contributed by atoms with van der Waals surface area (Å²) < 4.78 is 0. The second kappa shape index (κ2) is 5.87. The normalized spacial score (nSPS) is 20.9. The standard InChI is InChI=1S/C14H22ClN3/c1-4-12-16-13(15)11(3)14(17-12)18-8-5-6-10(2)7-9-18/h10H,4-9H2,1-3H3. The first kappa shape index (κ1) is 13.6. The van der Waals surface area contributed by atoms with Crippen LogP contribution in [0.25, 0.3) is 0 Å². The first-order valence-corrected chi connectivity index (χ1v) is 7.27. The van der Waals surface area contributed by atoms with E-state index in [0.29, 0.717) is 5.15 Å². The minimum absolute atomic E-state index is 0.606. The number of halogens is 1. The van der Waals surface area contributed by atoms with Crippen LogP contribution in [0.2, 0.25) is 5.15 Å². The molecule has 1 atom stereocenters. The molecule has 1 aliphatic rings. The third kappa shape index (κ3) is 2.94. The van der Waals surface area contributed by atoms with Gasteiger partial charge in [-0.15, -0.1) is 0 Å². The second-order valence-corrected chi connectivity index (χ2v) is 5.61. The molecule has 1 aliphatic heterocycles. The summed E-state index contributed by atoms with van der Waals surface area (Å²) in [6.07, 6.45) is 4.62. The number of hydrogen-bond acceptors (Lipinski definition) is 3. The molecule has 0 amide bonds. The van der Waals surface area contributed by atoms with Gasteiger partial charge in [0.25, 0.3) is 0 Å². The van der Waals surface area contributed by atoms with E-state index < -0.39 is 0 Å². The van der Waals surface area contributed by atoms with Crippen LogP contribution in [0.1, 0.15) is 44.5 Å². The van der Waals surface area contributed by atoms with Gasteiger partial charge in [-0.2, -0.15) is 0 Å². The van der Waals surface area contributed by atoms with Crippen molar-refractivity contribution in [1.29, 1.82) is 0 Å². The first-order chi connectivity index (χ1) is 8.61. The molecule has 0 saturated carbocycles. The fourth-order valence-electron chi connectivity index (χ4n) is 2.46. The van der Waals surface area contributed by atoms with Gasteiger partial charge in [0.2, 0.25) is 0 Å². The van der Waals surface area contributed by atoms with Crippen LogP contribution >= 0.6 is 11.6 Å². The minimum Gasteiger partial charge on any atom is -0.356 e. The Bertz CT molecular complexity index is 420. The zero-order chi connectivity index (χ0) is 13.1. The van der Waals surface area contributed by atoms with Crippen LogP contribution in [0.4, 0.5) is 5.82 Å². The summed E-state index contributed by atoms with van der Waals surface area (Å²) in [6.45, 7) is 8.58. The van der Waals surface area contributed by atoms with E-state index in [2.05, 4.69) is 28.7 Å². The highest BCUT2D eigenvalue weighted by molar-refractivity contribution is 6.30. The molecule has 0 radical (unpaired) electrons. The summed E-state index contributed by atoms with van der Waals surface area (Å²) in [4.78, 5) is 11.4. The maximum absolute atomic E-state index is 6.21. The molecular weight excluding hydrogens is 246 g/mol. The van der Waals surface area contributed by atoms with Crippen LogP contribution in [0.3, 0.4) is 0 Å². The van der Waals surface area contributed by atoms with Crippen LogP contribution in [0.15, 0.2) is 0 Å². The number of hydrogen-bond donors (Lipinski definition) is 0. The van der Waals surface area contributed by atoms with E-state index in [9.17, 15) is 0 Å². The molecule has 0 aromatic carbocycles. The van der Waals surface area contributed by atoms with Crippen LogP contribution in [0.5, 0.6) is 0 Å². The van der Waals surface area contributed by atoms with Gasteiger partial charge < -0.3 is 4.90 Å². The average molecular weight is 268 g/mol. The molecule has 2 rings (SSSR count). The lowest BCUT2D eigenvalue weighted by Crippen LogP contribution is -2.26. The SMILES string of the molecule is CCc1nc(Cl)c(C)c(N2CCCC(C)CC2)n1. The average Bonchev–Trinajstić information content (AvgIpc) is 2.57. The smallest absolute Gasteiger partial charge is 0.137 e. The predicted octanol–water partition coefficient (Wildman–Crippen LogP) is 3.63. The second-order valence-electron chi connectivity index (χ2n) is 5.26. The van der Waals surface area contributed by atoms with Gasteiger partial charge in [0.1, 0.15) is 16.8 Å². The predicted molar refractivity (Wildman–Crippen MR) is 76.4 cm³/mol. The molecule has 1 fully saturated rings. The molecule has 2 heterocycles. The fraction of sp³-hybridized carbons (Fsp3) is 0.714. The Hall–Kier alpha value is -0.830. The van der Waals surface area contributed by atoms with Crippen LogP contribution in [0, 0.1) is 12.8 Å². The quantitative estimate of drug-likeness (QED) is 0.767. The molecule has 3 nitrogen and oxygen atoms in total. The monoisotopic (exact) mass is 267 g/mol. The van der Waals surface area contributed by atoms with Gasteiger partial charge in [-0.05, 0) is 32.1 Å². The van der Waals surface area contributed by atoms with Crippen LogP contribution in [-0.4, -0.2) is 23.1 Å². The van der Waals surface area contributed by atoms with E-state index in [-0.39, 0.29) is 0 Å². The molecule has 4 heteroatoms. The van der Waals surface area contributed by atoms with Gasteiger partial charge in [0.15, 0.2) is 0 Å². The molecule has 0 N–H and O–H groups in total. The van der Waals surface area contributed by atoms with Crippen molar-refractivity contribution in [3.8, 4) is 0 Å². The number of rotatable bonds is 2. The molecule has 1 aromatic rings. The Labute approximate surface area is 115 Å². The summed E-state index contributed by atoms with van der Waals surface area (Å²) in [6, 6.07) is 0. The first-order valence-electron chi connectivity index (χ1n) is 6.89. The topological polar surface area (TPSA) is 29.0 Å². The van der Waals surface area contributed by atoms with Crippen molar-refractivity contribution in [1.82, 2.24) is 9.97 Å². The highest BCUT2D eigenvalue weighted by Gasteiger charge is 2.19. The van der Waals surface area contributed by atoms with Crippen LogP contribution in [-0.2, 0) is 6.42 Å². The van der Waals surface area contributed by atoms with Gasteiger partial charge in [-0.1, -0.05) is 25.4 Å². The zero-order valence-corrected chi connectivity index (χ0v) is 12.3. The highest BCUT2D eigenvalue weighted by Crippen LogP contribution is 2.27.